The molecule has 166 valence electrons. The van der Waals surface area contributed by atoms with Gasteiger partial charge in [-0.3, -0.25) is 24.2 Å². The Labute approximate surface area is 194 Å². The second-order valence-electron chi connectivity index (χ2n) is 7.86. The molecule has 33 heavy (non-hydrogen) atoms. The average molecular weight is 460 g/mol. The molecule has 1 aliphatic rings. The predicted molar refractivity (Wildman–Crippen MR) is 125 cm³/mol. The monoisotopic (exact) mass is 459 g/mol. The lowest BCUT2D eigenvalue weighted by molar-refractivity contribution is -0.119. The molecule has 0 spiro atoms. The maximum Gasteiger partial charge on any atom is 0.262 e. The van der Waals surface area contributed by atoms with Crippen LogP contribution < -0.4 is 4.90 Å². The standard InChI is InChI=1S/C24H21N5O3S/c1-16-6-4-9-19-21(16)26-24(33-19)28(12-5-11-27-13-10-25-15-27)20(30)14-29-22(31)17-7-2-3-8-18(17)23(29)32/h2-4,6-10,13,15H,5,11-12,14H2,1H3. The number of carbonyl (C=O) groups excluding carboxylic acids is 3. The fourth-order valence-electron chi connectivity index (χ4n) is 3.95. The van der Waals surface area contributed by atoms with Gasteiger partial charge >= 0.3 is 0 Å². The second-order valence-corrected chi connectivity index (χ2v) is 8.87. The number of anilines is 1. The number of carbonyl (C=O) groups is 3. The summed E-state index contributed by atoms with van der Waals surface area (Å²) in [5.74, 6) is -1.23. The van der Waals surface area contributed by atoms with Gasteiger partial charge in [0, 0.05) is 25.5 Å². The van der Waals surface area contributed by atoms with Crippen LogP contribution in [0.1, 0.15) is 32.7 Å². The van der Waals surface area contributed by atoms with Crippen LogP contribution in [0.15, 0.2) is 61.2 Å². The number of para-hydroxylation sites is 1. The molecular weight excluding hydrogens is 438 g/mol. The highest BCUT2D eigenvalue weighted by Crippen LogP contribution is 2.31. The summed E-state index contributed by atoms with van der Waals surface area (Å²) < 4.78 is 2.92. The summed E-state index contributed by atoms with van der Waals surface area (Å²) in [6.07, 6.45) is 5.97. The molecular formula is C24H21N5O3S. The Morgan fingerprint density at radius 1 is 1.06 bits per heavy atom. The minimum Gasteiger partial charge on any atom is -0.337 e. The van der Waals surface area contributed by atoms with Crippen LogP contribution in [0.2, 0.25) is 0 Å². The SMILES string of the molecule is Cc1cccc2sc(N(CCCn3ccnc3)C(=O)CN3C(=O)c4ccccc4C3=O)nc12. The van der Waals surface area contributed by atoms with Crippen LogP contribution in [0.4, 0.5) is 5.13 Å². The van der Waals surface area contributed by atoms with Crippen molar-refractivity contribution in [2.75, 3.05) is 18.0 Å². The van der Waals surface area contributed by atoms with E-state index in [4.69, 9.17) is 4.98 Å². The Morgan fingerprint density at radius 2 is 1.82 bits per heavy atom. The zero-order valence-electron chi connectivity index (χ0n) is 18.0. The molecule has 0 N–H and O–H groups in total. The predicted octanol–water partition coefficient (Wildman–Crippen LogP) is 3.52. The van der Waals surface area contributed by atoms with Crippen molar-refractivity contribution in [3.63, 3.8) is 0 Å². The summed E-state index contributed by atoms with van der Waals surface area (Å²) in [6.45, 7) is 2.74. The molecule has 0 radical (unpaired) electrons. The smallest absolute Gasteiger partial charge is 0.262 e. The summed E-state index contributed by atoms with van der Waals surface area (Å²) in [4.78, 5) is 50.3. The number of hydrogen-bond donors (Lipinski definition) is 0. The molecule has 9 heteroatoms. The molecule has 5 rings (SSSR count). The van der Waals surface area contributed by atoms with E-state index in [1.54, 1.807) is 41.7 Å². The van der Waals surface area contributed by atoms with Gasteiger partial charge in [0.2, 0.25) is 5.91 Å². The lowest BCUT2D eigenvalue weighted by Crippen LogP contribution is -2.43. The summed E-state index contributed by atoms with van der Waals surface area (Å²) in [6, 6.07) is 12.6. The highest BCUT2D eigenvalue weighted by atomic mass is 32.1. The molecule has 0 unspecified atom stereocenters. The molecule has 2 aromatic heterocycles. The molecule has 0 saturated heterocycles. The van der Waals surface area contributed by atoms with E-state index in [1.165, 1.54) is 11.3 Å². The summed E-state index contributed by atoms with van der Waals surface area (Å²) in [5, 5.41) is 0.562. The van der Waals surface area contributed by atoms with E-state index >= 15 is 0 Å². The lowest BCUT2D eigenvalue weighted by atomic mass is 10.1. The Kier molecular flexibility index (Phi) is 5.47. The molecule has 1 aliphatic heterocycles. The van der Waals surface area contributed by atoms with Gasteiger partial charge in [-0.1, -0.05) is 35.6 Å². The minimum absolute atomic E-state index is 0.327. The molecule has 4 aromatic rings. The van der Waals surface area contributed by atoms with Crippen LogP contribution in [0, 0.1) is 6.92 Å². The number of nitrogens with zero attached hydrogens (tertiary/aromatic N) is 5. The highest BCUT2D eigenvalue weighted by Gasteiger charge is 2.37. The molecule has 3 heterocycles. The van der Waals surface area contributed by atoms with E-state index in [-0.39, 0.29) is 12.5 Å². The first kappa shape index (κ1) is 21.0. The number of imide groups is 1. The molecule has 0 fully saturated rings. The molecule has 3 amide bonds. The van der Waals surface area contributed by atoms with Gasteiger partial charge in [0.1, 0.15) is 6.54 Å². The van der Waals surface area contributed by atoms with E-state index < -0.39 is 11.8 Å². The van der Waals surface area contributed by atoms with Gasteiger partial charge < -0.3 is 4.57 Å². The molecule has 0 atom stereocenters. The van der Waals surface area contributed by atoms with E-state index in [1.807, 2.05) is 35.9 Å². The van der Waals surface area contributed by atoms with Crippen molar-refractivity contribution in [2.45, 2.75) is 19.9 Å². The van der Waals surface area contributed by atoms with Gasteiger partial charge in [-0.05, 0) is 37.1 Å². The fraction of sp³-hybridized carbons (Fsp3) is 0.208. The number of hydrogen-bond acceptors (Lipinski definition) is 6. The minimum atomic E-state index is -0.442. The normalized spacial score (nSPS) is 13.1. The topological polar surface area (TPSA) is 88.4 Å². The number of aryl methyl sites for hydroxylation is 2. The first-order chi connectivity index (χ1) is 16.0. The first-order valence-electron chi connectivity index (χ1n) is 10.6. The van der Waals surface area contributed by atoms with Crippen molar-refractivity contribution < 1.29 is 14.4 Å². The van der Waals surface area contributed by atoms with Crippen molar-refractivity contribution in [3.05, 3.63) is 77.9 Å². The zero-order valence-corrected chi connectivity index (χ0v) is 18.8. The molecule has 0 saturated carbocycles. The van der Waals surface area contributed by atoms with Gasteiger partial charge in [-0.2, -0.15) is 0 Å². The summed E-state index contributed by atoms with van der Waals surface area (Å²) in [7, 11) is 0. The lowest BCUT2D eigenvalue weighted by Gasteiger charge is -2.22. The quantitative estimate of drug-likeness (QED) is 0.395. The van der Waals surface area contributed by atoms with Crippen molar-refractivity contribution in [2.24, 2.45) is 0 Å². The van der Waals surface area contributed by atoms with E-state index in [0.717, 1.165) is 20.7 Å². The van der Waals surface area contributed by atoms with Crippen molar-refractivity contribution in [1.29, 1.82) is 0 Å². The first-order valence-corrected chi connectivity index (χ1v) is 11.4. The van der Waals surface area contributed by atoms with E-state index in [2.05, 4.69) is 4.98 Å². The molecule has 2 aromatic carbocycles. The van der Waals surface area contributed by atoms with E-state index in [9.17, 15) is 14.4 Å². The number of rotatable bonds is 7. The van der Waals surface area contributed by atoms with Gasteiger partial charge in [0.05, 0.1) is 27.7 Å². The summed E-state index contributed by atoms with van der Waals surface area (Å²) >= 11 is 1.43. The Bertz CT molecular complexity index is 1330. The van der Waals surface area contributed by atoms with Gasteiger partial charge in [-0.25, -0.2) is 9.97 Å². The zero-order chi connectivity index (χ0) is 22.9. The number of aromatic nitrogens is 3. The number of thiazole rings is 1. The van der Waals surface area contributed by atoms with Crippen molar-refractivity contribution in [3.8, 4) is 0 Å². The number of benzene rings is 2. The largest absolute Gasteiger partial charge is 0.337 e. The molecule has 0 bridgehead atoms. The van der Waals surface area contributed by atoms with Gasteiger partial charge in [0.15, 0.2) is 5.13 Å². The third kappa shape index (κ3) is 3.91. The number of amides is 3. The van der Waals surface area contributed by atoms with Crippen molar-refractivity contribution >= 4 is 44.4 Å². The van der Waals surface area contributed by atoms with Crippen LogP contribution in [0.25, 0.3) is 10.2 Å². The average Bonchev–Trinajstić information content (AvgIpc) is 3.54. The van der Waals surface area contributed by atoms with E-state index in [0.29, 0.717) is 35.8 Å². The number of fused-ring (bicyclic) bond motifs is 2. The van der Waals surface area contributed by atoms with Crippen LogP contribution in [0.5, 0.6) is 0 Å². The fourth-order valence-corrected chi connectivity index (χ4v) is 5.04. The van der Waals surface area contributed by atoms with Gasteiger partial charge in [0.25, 0.3) is 11.8 Å². The summed E-state index contributed by atoms with van der Waals surface area (Å²) in [5.41, 5.74) is 2.54. The maximum absolute atomic E-state index is 13.4. The number of imidazole rings is 1. The highest BCUT2D eigenvalue weighted by molar-refractivity contribution is 7.22. The van der Waals surface area contributed by atoms with Gasteiger partial charge in [-0.15, -0.1) is 0 Å². The third-order valence-electron chi connectivity index (χ3n) is 5.67. The Hall–Kier alpha value is -3.85. The van der Waals surface area contributed by atoms with Crippen molar-refractivity contribution in [1.82, 2.24) is 19.4 Å². The molecule has 8 nitrogen and oxygen atoms in total. The molecule has 0 aliphatic carbocycles. The van der Waals surface area contributed by atoms with Crippen LogP contribution in [-0.2, 0) is 11.3 Å². The maximum atomic E-state index is 13.4. The Morgan fingerprint density at radius 3 is 2.48 bits per heavy atom. The van der Waals surface area contributed by atoms with Crippen LogP contribution in [-0.4, -0.2) is 50.2 Å². The third-order valence-corrected chi connectivity index (χ3v) is 6.71. The Balaban J connectivity index is 1.40. The second kappa shape index (κ2) is 8.59. The van der Waals surface area contributed by atoms with Crippen LogP contribution in [0.3, 0.4) is 0 Å². The van der Waals surface area contributed by atoms with Crippen LogP contribution >= 0.6 is 11.3 Å².